The fraction of sp³-hybridized carbons (Fsp3) is 0.333. The van der Waals surface area contributed by atoms with E-state index in [1.165, 1.54) is 11.1 Å². The van der Waals surface area contributed by atoms with Crippen LogP contribution in [-0.4, -0.2) is 0 Å². The van der Waals surface area contributed by atoms with E-state index < -0.39 is 0 Å². The molecule has 0 nitrogen and oxygen atoms in total. The quantitative estimate of drug-likeness (QED) is 0.532. The molecule has 0 atom stereocenters. The average Bonchev–Trinajstić information content (AvgIpc) is 1.88. The Labute approximate surface area is 56.5 Å². The zero-order valence-electron chi connectivity index (χ0n) is 5.94. The van der Waals surface area contributed by atoms with Crippen LogP contribution in [0.4, 0.5) is 0 Å². The molecule has 1 aromatic rings. The van der Waals surface area contributed by atoms with Gasteiger partial charge in [-0.05, 0) is 25.0 Å². The van der Waals surface area contributed by atoms with Gasteiger partial charge in [-0.25, -0.2) is 0 Å². The molecule has 0 amide bonds. The summed E-state index contributed by atoms with van der Waals surface area (Å²) in [4.78, 5) is 0. The maximum Gasteiger partial charge on any atom is -0.0149 e. The molecule has 0 N–H and O–H groups in total. The van der Waals surface area contributed by atoms with Crippen molar-refractivity contribution in [2.24, 2.45) is 0 Å². The Hall–Kier alpha value is -0.780. The molecular weight excluding hydrogens is 108 g/mol. The third-order valence-corrected chi connectivity index (χ3v) is 1.40. The first-order valence-electron chi connectivity index (χ1n) is 3.30. The minimum atomic E-state index is 1.08. The molecule has 0 bridgehead atoms. The summed E-state index contributed by atoms with van der Waals surface area (Å²) in [5, 5.41) is 0. The van der Waals surface area contributed by atoms with Crippen LogP contribution < -0.4 is 0 Å². The molecule has 1 rings (SSSR count). The Kier molecular flexibility index (Phi) is 1.88. The van der Waals surface area contributed by atoms with Gasteiger partial charge < -0.3 is 0 Å². The minimum Gasteiger partial charge on any atom is -0.0613 e. The molecule has 0 heterocycles. The van der Waals surface area contributed by atoms with Crippen molar-refractivity contribution in [2.75, 3.05) is 0 Å². The standard InChI is InChI=1S/C9H11/c1-3-9-6-4-5-8(2)7-9/h4-5,7H,3H2,1-2H3. The monoisotopic (exact) mass is 119 g/mol. The zero-order chi connectivity index (χ0) is 6.69. The van der Waals surface area contributed by atoms with Crippen molar-refractivity contribution in [1.82, 2.24) is 0 Å². The zero-order valence-corrected chi connectivity index (χ0v) is 5.94. The van der Waals surface area contributed by atoms with E-state index in [1.807, 2.05) is 6.07 Å². The highest BCUT2D eigenvalue weighted by molar-refractivity contribution is 5.20. The van der Waals surface area contributed by atoms with E-state index in [9.17, 15) is 0 Å². The molecule has 0 aliphatic rings. The lowest BCUT2D eigenvalue weighted by atomic mass is 10.1. The Bertz CT molecular complexity index is 189. The first kappa shape index (κ1) is 6.34. The van der Waals surface area contributed by atoms with Crippen molar-refractivity contribution in [3.63, 3.8) is 0 Å². The number of benzene rings is 1. The van der Waals surface area contributed by atoms with Crippen molar-refractivity contribution in [1.29, 1.82) is 0 Å². The van der Waals surface area contributed by atoms with Crippen LogP contribution in [0.5, 0.6) is 0 Å². The van der Waals surface area contributed by atoms with Crippen LogP contribution in [0.2, 0.25) is 0 Å². The minimum absolute atomic E-state index is 1.08. The van der Waals surface area contributed by atoms with Gasteiger partial charge in [-0.3, -0.25) is 0 Å². The second-order valence-corrected chi connectivity index (χ2v) is 2.24. The Morgan fingerprint density at radius 3 is 2.78 bits per heavy atom. The fourth-order valence-electron chi connectivity index (χ4n) is 0.849. The molecule has 0 fully saturated rings. The van der Waals surface area contributed by atoms with E-state index in [2.05, 4.69) is 32.0 Å². The predicted octanol–water partition coefficient (Wildman–Crippen LogP) is 2.36. The lowest BCUT2D eigenvalue weighted by Crippen LogP contribution is -1.79. The average molecular weight is 119 g/mol. The SMILES string of the molecule is CCc1[c]ccc(C)c1. The molecule has 0 saturated carbocycles. The van der Waals surface area contributed by atoms with Gasteiger partial charge in [0, 0.05) is 0 Å². The molecule has 0 unspecified atom stereocenters. The number of hydrogen-bond donors (Lipinski definition) is 0. The van der Waals surface area contributed by atoms with Crippen molar-refractivity contribution in [3.05, 3.63) is 35.4 Å². The fourth-order valence-corrected chi connectivity index (χ4v) is 0.849. The summed E-state index contributed by atoms with van der Waals surface area (Å²) >= 11 is 0. The van der Waals surface area contributed by atoms with E-state index >= 15 is 0 Å². The summed E-state index contributed by atoms with van der Waals surface area (Å²) in [6.07, 6.45) is 1.08. The summed E-state index contributed by atoms with van der Waals surface area (Å²) in [6, 6.07) is 9.37. The van der Waals surface area contributed by atoms with Gasteiger partial charge in [0.1, 0.15) is 0 Å². The molecule has 9 heavy (non-hydrogen) atoms. The lowest BCUT2D eigenvalue weighted by Gasteiger charge is -1.94. The van der Waals surface area contributed by atoms with Crippen LogP contribution in [0.1, 0.15) is 18.1 Å². The highest BCUT2D eigenvalue weighted by Gasteiger charge is 1.86. The smallest absolute Gasteiger partial charge is 0.0149 e. The van der Waals surface area contributed by atoms with Crippen LogP contribution in [0.15, 0.2) is 18.2 Å². The predicted molar refractivity (Wildman–Crippen MR) is 39.4 cm³/mol. The normalized spacial score (nSPS) is 9.56. The summed E-state index contributed by atoms with van der Waals surface area (Å²) in [6.45, 7) is 4.25. The molecule has 0 spiro atoms. The number of hydrogen-bond acceptors (Lipinski definition) is 0. The van der Waals surface area contributed by atoms with Crippen LogP contribution in [-0.2, 0) is 6.42 Å². The van der Waals surface area contributed by atoms with Crippen LogP contribution in [0, 0.1) is 13.0 Å². The third-order valence-electron chi connectivity index (χ3n) is 1.40. The molecule has 47 valence electrons. The van der Waals surface area contributed by atoms with Crippen molar-refractivity contribution in [3.8, 4) is 0 Å². The molecule has 1 aromatic carbocycles. The van der Waals surface area contributed by atoms with Gasteiger partial charge in [0.05, 0.1) is 0 Å². The van der Waals surface area contributed by atoms with Crippen LogP contribution in [0.3, 0.4) is 0 Å². The summed E-state index contributed by atoms with van der Waals surface area (Å²) in [5.41, 5.74) is 2.63. The van der Waals surface area contributed by atoms with Gasteiger partial charge in [0.25, 0.3) is 0 Å². The Balaban J connectivity index is 2.94. The second-order valence-electron chi connectivity index (χ2n) is 2.24. The molecule has 0 aliphatic carbocycles. The summed E-state index contributed by atoms with van der Waals surface area (Å²) < 4.78 is 0. The van der Waals surface area contributed by atoms with Crippen molar-refractivity contribution in [2.45, 2.75) is 20.3 Å². The van der Waals surface area contributed by atoms with Gasteiger partial charge in [-0.2, -0.15) is 0 Å². The van der Waals surface area contributed by atoms with Gasteiger partial charge in [-0.15, -0.1) is 0 Å². The van der Waals surface area contributed by atoms with E-state index in [4.69, 9.17) is 0 Å². The second kappa shape index (κ2) is 2.67. The largest absolute Gasteiger partial charge is 0.0613 e. The maximum absolute atomic E-state index is 3.16. The van der Waals surface area contributed by atoms with Gasteiger partial charge >= 0.3 is 0 Å². The van der Waals surface area contributed by atoms with Crippen molar-refractivity contribution < 1.29 is 0 Å². The summed E-state index contributed by atoms with van der Waals surface area (Å²) in [5.74, 6) is 0. The molecule has 0 heteroatoms. The van der Waals surface area contributed by atoms with E-state index in [0.29, 0.717) is 0 Å². The van der Waals surface area contributed by atoms with Crippen LogP contribution >= 0.6 is 0 Å². The molecule has 1 radical (unpaired) electrons. The number of aryl methyl sites for hydroxylation is 2. The molecule has 0 aromatic heterocycles. The van der Waals surface area contributed by atoms with Crippen molar-refractivity contribution >= 4 is 0 Å². The molecular formula is C9H11. The van der Waals surface area contributed by atoms with Gasteiger partial charge in [0.2, 0.25) is 0 Å². The van der Waals surface area contributed by atoms with Gasteiger partial charge in [0.15, 0.2) is 0 Å². The van der Waals surface area contributed by atoms with Gasteiger partial charge in [-0.1, -0.05) is 30.7 Å². The van der Waals surface area contributed by atoms with Crippen LogP contribution in [0.25, 0.3) is 0 Å². The first-order valence-corrected chi connectivity index (χ1v) is 3.30. The lowest BCUT2D eigenvalue weighted by molar-refractivity contribution is 1.13. The highest BCUT2D eigenvalue weighted by atomic mass is 13.9. The third kappa shape index (κ3) is 1.56. The van der Waals surface area contributed by atoms with E-state index in [1.54, 1.807) is 0 Å². The van der Waals surface area contributed by atoms with E-state index in [0.717, 1.165) is 6.42 Å². The first-order chi connectivity index (χ1) is 4.33. The topological polar surface area (TPSA) is 0 Å². The molecule has 0 saturated heterocycles. The Morgan fingerprint density at radius 1 is 1.56 bits per heavy atom. The Morgan fingerprint density at radius 2 is 2.33 bits per heavy atom. The molecule has 0 aliphatic heterocycles. The van der Waals surface area contributed by atoms with E-state index in [-0.39, 0.29) is 0 Å². The number of rotatable bonds is 1. The highest BCUT2D eigenvalue weighted by Crippen LogP contribution is 2.02. The summed E-state index contributed by atoms with van der Waals surface area (Å²) in [7, 11) is 0. The maximum atomic E-state index is 3.16.